The van der Waals surface area contributed by atoms with Crippen molar-refractivity contribution in [1.82, 2.24) is 14.7 Å². The monoisotopic (exact) mass is 238 g/mol. The Morgan fingerprint density at radius 1 is 1.53 bits per heavy atom. The molecule has 96 valence electrons. The highest BCUT2D eigenvalue weighted by Crippen LogP contribution is 2.23. The van der Waals surface area contributed by atoms with Crippen LogP contribution in [-0.2, 0) is 11.3 Å². The van der Waals surface area contributed by atoms with Crippen LogP contribution in [0, 0.1) is 0 Å². The van der Waals surface area contributed by atoms with Gasteiger partial charge >= 0.3 is 0 Å². The van der Waals surface area contributed by atoms with E-state index in [0.29, 0.717) is 0 Å². The van der Waals surface area contributed by atoms with E-state index in [2.05, 4.69) is 16.9 Å². The lowest BCUT2D eigenvalue weighted by Crippen LogP contribution is -2.48. The molecule has 0 aromatic carbocycles. The molecule has 0 radical (unpaired) electrons. The summed E-state index contributed by atoms with van der Waals surface area (Å²) >= 11 is 0. The first kappa shape index (κ1) is 12.4. The molecule has 1 atom stereocenters. The van der Waals surface area contributed by atoms with E-state index in [1.165, 1.54) is 6.42 Å². The third kappa shape index (κ3) is 3.20. The Kier molecular flexibility index (Phi) is 3.69. The van der Waals surface area contributed by atoms with E-state index in [4.69, 9.17) is 10.5 Å². The minimum Gasteiger partial charge on any atom is -0.396 e. The summed E-state index contributed by atoms with van der Waals surface area (Å²) in [4.78, 5) is 2.44. The smallest absolute Gasteiger partial charge is 0.0777 e. The zero-order valence-corrected chi connectivity index (χ0v) is 10.7. The summed E-state index contributed by atoms with van der Waals surface area (Å²) in [7, 11) is 1.80. The van der Waals surface area contributed by atoms with Crippen molar-refractivity contribution in [2.24, 2.45) is 0 Å². The fraction of sp³-hybridized carbons (Fsp3) is 0.750. The second kappa shape index (κ2) is 5.06. The Morgan fingerprint density at radius 2 is 2.35 bits per heavy atom. The van der Waals surface area contributed by atoms with Crippen LogP contribution in [0.5, 0.6) is 0 Å². The fourth-order valence-electron chi connectivity index (χ4n) is 2.41. The molecule has 1 aromatic heterocycles. The molecule has 17 heavy (non-hydrogen) atoms. The van der Waals surface area contributed by atoms with Crippen molar-refractivity contribution >= 4 is 5.69 Å². The van der Waals surface area contributed by atoms with E-state index in [1.807, 2.05) is 10.9 Å². The normalized spacial score (nSPS) is 26.2. The number of hydrogen-bond acceptors (Lipinski definition) is 4. The maximum absolute atomic E-state index is 5.64. The standard InChI is InChI=1S/C12H22N4O/c1-12(17-2)4-3-5-15(10-12)6-7-16-9-11(13)8-14-16/h8-9H,3-7,10,13H2,1-2H3. The van der Waals surface area contributed by atoms with E-state index in [1.54, 1.807) is 13.3 Å². The SMILES string of the molecule is COC1(C)CCCN(CCn2cc(N)cn2)C1. The lowest BCUT2D eigenvalue weighted by Gasteiger charge is -2.39. The van der Waals surface area contributed by atoms with Crippen LogP contribution in [0.4, 0.5) is 5.69 Å². The zero-order valence-electron chi connectivity index (χ0n) is 10.7. The van der Waals surface area contributed by atoms with Gasteiger partial charge in [0, 0.05) is 26.4 Å². The van der Waals surface area contributed by atoms with E-state index < -0.39 is 0 Å². The van der Waals surface area contributed by atoms with Crippen LogP contribution in [0.3, 0.4) is 0 Å². The number of methoxy groups -OCH3 is 1. The minimum absolute atomic E-state index is 0.0153. The summed E-state index contributed by atoms with van der Waals surface area (Å²) in [5, 5.41) is 4.19. The van der Waals surface area contributed by atoms with Crippen LogP contribution in [0.15, 0.2) is 12.4 Å². The third-order valence-corrected chi connectivity index (χ3v) is 3.53. The number of likely N-dealkylation sites (tertiary alicyclic amines) is 1. The van der Waals surface area contributed by atoms with E-state index in [0.717, 1.165) is 38.3 Å². The first-order valence-corrected chi connectivity index (χ1v) is 6.17. The molecular formula is C12H22N4O. The molecular weight excluding hydrogens is 216 g/mol. The Balaban J connectivity index is 1.83. The molecule has 5 nitrogen and oxygen atoms in total. The molecule has 1 aliphatic rings. The van der Waals surface area contributed by atoms with Crippen LogP contribution in [0.2, 0.25) is 0 Å². The van der Waals surface area contributed by atoms with Crippen LogP contribution < -0.4 is 5.73 Å². The number of anilines is 1. The molecule has 0 saturated carbocycles. The summed E-state index contributed by atoms with van der Waals surface area (Å²) in [5.41, 5.74) is 6.38. The third-order valence-electron chi connectivity index (χ3n) is 3.53. The molecule has 0 amide bonds. The second-order valence-corrected chi connectivity index (χ2v) is 5.07. The number of rotatable bonds is 4. The first-order chi connectivity index (χ1) is 8.11. The first-order valence-electron chi connectivity index (χ1n) is 6.17. The molecule has 2 heterocycles. The van der Waals surface area contributed by atoms with Gasteiger partial charge in [0.05, 0.1) is 24.0 Å². The molecule has 1 fully saturated rings. The highest BCUT2D eigenvalue weighted by atomic mass is 16.5. The molecule has 1 aromatic rings. The van der Waals surface area contributed by atoms with E-state index >= 15 is 0 Å². The van der Waals surface area contributed by atoms with Crippen molar-refractivity contribution in [2.75, 3.05) is 32.5 Å². The Morgan fingerprint density at radius 3 is 3.00 bits per heavy atom. The van der Waals surface area contributed by atoms with Crippen molar-refractivity contribution in [3.8, 4) is 0 Å². The summed E-state index contributed by atoms with van der Waals surface area (Å²) in [6.07, 6.45) is 5.91. The van der Waals surface area contributed by atoms with Crippen molar-refractivity contribution in [1.29, 1.82) is 0 Å². The number of aromatic nitrogens is 2. The molecule has 2 N–H and O–H groups in total. The average molecular weight is 238 g/mol. The highest BCUT2D eigenvalue weighted by Gasteiger charge is 2.30. The lowest BCUT2D eigenvalue weighted by molar-refractivity contribution is -0.0513. The van der Waals surface area contributed by atoms with Crippen LogP contribution in [-0.4, -0.2) is 47.0 Å². The predicted molar refractivity (Wildman–Crippen MR) is 67.7 cm³/mol. The van der Waals surface area contributed by atoms with Gasteiger partial charge in [0.25, 0.3) is 0 Å². The molecule has 0 bridgehead atoms. The van der Waals surface area contributed by atoms with Gasteiger partial charge in [-0.15, -0.1) is 0 Å². The molecule has 5 heteroatoms. The van der Waals surface area contributed by atoms with Crippen LogP contribution in [0.25, 0.3) is 0 Å². The number of piperidine rings is 1. The Hall–Kier alpha value is -1.07. The molecule has 2 rings (SSSR count). The summed E-state index contributed by atoms with van der Waals surface area (Å²) in [6, 6.07) is 0. The maximum atomic E-state index is 5.64. The molecule has 0 spiro atoms. The van der Waals surface area contributed by atoms with Gasteiger partial charge in [-0.1, -0.05) is 0 Å². The number of ether oxygens (including phenoxy) is 1. The Bertz CT molecular complexity index is 365. The van der Waals surface area contributed by atoms with Crippen molar-refractivity contribution < 1.29 is 4.74 Å². The van der Waals surface area contributed by atoms with Gasteiger partial charge in [0.2, 0.25) is 0 Å². The average Bonchev–Trinajstić information content (AvgIpc) is 2.73. The summed E-state index contributed by atoms with van der Waals surface area (Å²) in [6.45, 7) is 6.22. The van der Waals surface area contributed by atoms with E-state index in [-0.39, 0.29) is 5.60 Å². The largest absolute Gasteiger partial charge is 0.396 e. The van der Waals surface area contributed by atoms with Crippen molar-refractivity contribution in [3.05, 3.63) is 12.4 Å². The van der Waals surface area contributed by atoms with Gasteiger partial charge in [-0.05, 0) is 26.3 Å². The number of nitrogen functional groups attached to an aromatic ring is 1. The Labute approximate surface area is 103 Å². The highest BCUT2D eigenvalue weighted by molar-refractivity contribution is 5.30. The van der Waals surface area contributed by atoms with Crippen molar-refractivity contribution in [3.63, 3.8) is 0 Å². The number of nitrogens with two attached hydrogens (primary N) is 1. The number of nitrogens with zero attached hydrogens (tertiary/aromatic N) is 3. The van der Waals surface area contributed by atoms with Gasteiger partial charge in [-0.2, -0.15) is 5.10 Å². The van der Waals surface area contributed by atoms with Gasteiger partial charge in [-0.25, -0.2) is 0 Å². The molecule has 1 aliphatic heterocycles. The topological polar surface area (TPSA) is 56.3 Å². The summed E-state index contributed by atoms with van der Waals surface area (Å²) < 4.78 is 7.48. The predicted octanol–water partition coefficient (Wildman–Crippen LogP) is 0.966. The van der Waals surface area contributed by atoms with Crippen molar-refractivity contribution in [2.45, 2.75) is 31.9 Å². The van der Waals surface area contributed by atoms with Crippen LogP contribution >= 0.6 is 0 Å². The van der Waals surface area contributed by atoms with Gasteiger partial charge in [0.15, 0.2) is 0 Å². The zero-order chi connectivity index (χ0) is 12.3. The van der Waals surface area contributed by atoms with Gasteiger partial charge in [-0.3, -0.25) is 9.58 Å². The quantitative estimate of drug-likeness (QED) is 0.849. The molecule has 1 saturated heterocycles. The van der Waals surface area contributed by atoms with Crippen LogP contribution in [0.1, 0.15) is 19.8 Å². The second-order valence-electron chi connectivity index (χ2n) is 5.07. The summed E-state index contributed by atoms with van der Waals surface area (Å²) in [5.74, 6) is 0. The van der Waals surface area contributed by atoms with Gasteiger partial charge in [0.1, 0.15) is 0 Å². The number of hydrogen-bond donors (Lipinski definition) is 1. The maximum Gasteiger partial charge on any atom is 0.0777 e. The van der Waals surface area contributed by atoms with E-state index in [9.17, 15) is 0 Å². The fourth-order valence-corrected chi connectivity index (χ4v) is 2.41. The molecule has 1 unspecified atom stereocenters. The molecule has 0 aliphatic carbocycles. The van der Waals surface area contributed by atoms with Gasteiger partial charge < -0.3 is 10.5 Å². The lowest BCUT2D eigenvalue weighted by atomic mass is 9.95. The minimum atomic E-state index is 0.0153.